The van der Waals surface area contributed by atoms with E-state index in [4.69, 9.17) is 34.8 Å². The van der Waals surface area contributed by atoms with Gasteiger partial charge in [0.1, 0.15) is 5.88 Å². The molecule has 124 valence electrons. The first-order valence-electron chi connectivity index (χ1n) is 7.40. The highest BCUT2D eigenvalue weighted by Gasteiger charge is 2.23. The third-order valence-corrected chi connectivity index (χ3v) is 3.89. The Labute approximate surface area is 153 Å². The number of alkyl halides is 1. The lowest BCUT2D eigenvalue weighted by molar-refractivity contribution is -0.115. The minimum atomic E-state index is -0.242. The van der Waals surface area contributed by atoms with Gasteiger partial charge in [-0.25, -0.2) is 0 Å². The third kappa shape index (κ3) is 5.42. The maximum atomic E-state index is 12.3. The van der Waals surface area contributed by atoms with E-state index < -0.39 is 0 Å². The fourth-order valence-corrected chi connectivity index (χ4v) is 2.57. The number of carbonyl (C=O) groups excluding carboxylic acids is 1. The van der Waals surface area contributed by atoms with Gasteiger partial charge in [0.05, 0.1) is 5.03 Å². The molecule has 0 radical (unpaired) electrons. The van der Waals surface area contributed by atoms with E-state index in [1.165, 1.54) is 4.90 Å². The quantitative estimate of drug-likeness (QED) is 0.585. The molecule has 0 unspecified atom stereocenters. The standard InChI is InChI=1S/C16H14Cl3NO.C2H6/c1-11-5-7-13(8-6-11)20(16(21)10-17)15-9-12(18)3-2-4-14(15)19;1-2/h2-8H,9-10H2,1H3;1-2H3. The second-order valence-electron chi connectivity index (χ2n) is 4.64. The van der Waals surface area contributed by atoms with E-state index in [0.29, 0.717) is 22.2 Å². The minimum Gasteiger partial charge on any atom is -0.282 e. The zero-order valence-electron chi connectivity index (χ0n) is 13.4. The van der Waals surface area contributed by atoms with Crippen LogP contribution in [-0.4, -0.2) is 11.8 Å². The Bertz CT molecular complexity index is 630. The molecule has 0 atom stereocenters. The van der Waals surface area contributed by atoms with E-state index in [2.05, 4.69) is 0 Å². The van der Waals surface area contributed by atoms with Crippen LogP contribution in [0.2, 0.25) is 0 Å². The van der Waals surface area contributed by atoms with Gasteiger partial charge in [0.15, 0.2) is 0 Å². The van der Waals surface area contributed by atoms with Gasteiger partial charge < -0.3 is 0 Å². The van der Waals surface area contributed by atoms with Crippen molar-refractivity contribution in [2.75, 3.05) is 10.8 Å². The number of aryl methyl sites for hydroxylation is 1. The fourth-order valence-electron chi connectivity index (χ4n) is 2.03. The number of nitrogens with zero attached hydrogens (tertiary/aromatic N) is 1. The van der Waals surface area contributed by atoms with Crippen LogP contribution in [0.4, 0.5) is 5.69 Å². The van der Waals surface area contributed by atoms with Gasteiger partial charge in [-0.3, -0.25) is 9.69 Å². The SMILES string of the molecule is CC.Cc1ccc(N(C(=O)CCl)C2=C(Cl)C=CC=C(Cl)C2)cc1. The summed E-state index contributed by atoms with van der Waals surface area (Å²) < 4.78 is 0. The van der Waals surface area contributed by atoms with Gasteiger partial charge in [-0.05, 0) is 31.2 Å². The number of allylic oxidation sites excluding steroid dienone is 5. The lowest BCUT2D eigenvalue weighted by Crippen LogP contribution is -2.31. The molecule has 0 aliphatic heterocycles. The van der Waals surface area contributed by atoms with E-state index in [-0.39, 0.29) is 11.8 Å². The molecule has 1 amide bonds. The smallest absolute Gasteiger partial charge is 0.246 e. The van der Waals surface area contributed by atoms with Crippen molar-refractivity contribution >= 4 is 46.4 Å². The zero-order chi connectivity index (χ0) is 17.4. The Morgan fingerprint density at radius 2 is 1.78 bits per heavy atom. The molecule has 0 N–H and O–H groups in total. The summed E-state index contributed by atoms with van der Waals surface area (Å²) in [6.07, 6.45) is 5.62. The van der Waals surface area contributed by atoms with Crippen molar-refractivity contribution < 1.29 is 4.79 Å². The molecule has 0 spiro atoms. The summed E-state index contributed by atoms with van der Waals surface area (Å²) in [5.41, 5.74) is 2.45. The Balaban J connectivity index is 0.00000127. The number of carbonyl (C=O) groups is 1. The molecule has 0 bridgehead atoms. The lowest BCUT2D eigenvalue weighted by Gasteiger charge is -2.25. The van der Waals surface area contributed by atoms with Crippen LogP contribution in [0.3, 0.4) is 0 Å². The predicted octanol–water partition coefficient (Wildman–Crippen LogP) is 6.13. The molecule has 1 aliphatic rings. The maximum Gasteiger partial charge on any atom is 0.246 e. The molecule has 0 saturated heterocycles. The minimum absolute atomic E-state index is 0.132. The molecule has 5 heteroatoms. The summed E-state index contributed by atoms with van der Waals surface area (Å²) in [6.45, 7) is 5.98. The second-order valence-corrected chi connectivity index (χ2v) is 5.80. The van der Waals surface area contributed by atoms with Crippen LogP contribution < -0.4 is 4.90 Å². The topological polar surface area (TPSA) is 20.3 Å². The molecule has 0 saturated carbocycles. The Morgan fingerprint density at radius 1 is 1.17 bits per heavy atom. The first kappa shape index (κ1) is 19.8. The van der Waals surface area contributed by atoms with Gasteiger partial charge in [0.2, 0.25) is 5.91 Å². The van der Waals surface area contributed by atoms with Gasteiger partial charge >= 0.3 is 0 Å². The molecule has 1 aliphatic carbocycles. The Kier molecular flexibility index (Phi) is 8.46. The van der Waals surface area contributed by atoms with Gasteiger partial charge in [-0.15, -0.1) is 11.6 Å². The highest BCUT2D eigenvalue weighted by atomic mass is 35.5. The van der Waals surface area contributed by atoms with Gasteiger partial charge in [-0.2, -0.15) is 0 Å². The summed E-state index contributed by atoms with van der Waals surface area (Å²) >= 11 is 18.2. The summed E-state index contributed by atoms with van der Waals surface area (Å²) in [4.78, 5) is 13.8. The summed E-state index contributed by atoms with van der Waals surface area (Å²) in [5, 5.41) is 1.08. The van der Waals surface area contributed by atoms with E-state index in [9.17, 15) is 4.79 Å². The largest absolute Gasteiger partial charge is 0.282 e. The van der Waals surface area contributed by atoms with Crippen LogP contribution in [0.15, 0.2) is 58.3 Å². The van der Waals surface area contributed by atoms with E-state index in [1.54, 1.807) is 18.2 Å². The number of hydrogen-bond acceptors (Lipinski definition) is 1. The van der Waals surface area contributed by atoms with Crippen LogP contribution in [0.1, 0.15) is 25.8 Å². The zero-order valence-corrected chi connectivity index (χ0v) is 15.7. The molecule has 0 aromatic heterocycles. The summed E-state index contributed by atoms with van der Waals surface area (Å²) in [6, 6.07) is 7.59. The molecule has 1 aromatic carbocycles. The van der Waals surface area contributed by atoms with E-state index in [1.807, 2.05) is 45.0 Å². The highest BCUT2D eigenvalue weighted by molar-refractivity contribution is 6.34. The van der Waals surface area contributed by atoms with Gasteiger partial charge in [0.25, 0.3) is 0 Å². The number of halogens is 3. The van der Waals surface area contributed by atoms with Crippen LogP contribution in [0.25, 0.3) is 0 Å². The van der Waals surface area contributed by atoms with Crippen molar-refractivity contribution in [1.29, 1.82) is 0 Å². The van der Waals surface area contributed by atoms with E-state index in [0.717, 1.165) is 11.3 Å². The molecule has 23 heavy (non-hydrogen) atoms. The molecular formula is C18H20Cl3NO. The van der Waals surface area contributed by atoms with Crippen molar-refractivity contribution in [2.45, 2.75) is 27.2 Å². The Morgan fingerprint density at radius 3 is 2.35 bits per heavy atom. The molecule has 2 nitrogen and oxygen atoms in total. The second kappa shape index (κ2) is 9.82. The lowest BCUT2D eigenvalue weighted by atomic mass is 10.1. The summed E-state index contributed by atoms with van der Waals surface area (Å²) in [7, 11) is 0. The Hall–Kier alpha value is -1.22. The van der Waals surface area contributed by atoms with Crippen molar-refractivity contribution in [3.8, 4) is 0 Å². The van der Waals surface area contributed by atoms with Crippen LogP contribution >= 0.6 is 34.8 Å². The van der Waals surface area contributed by atoms with Crippen molar-refractivity contribution in [3.63, 3.8) is 0 Å². The van der Waals surface area contributed by atoms with Crippen LogP contribution in [-0.2, 0) is 4.79 Å². The third-order valence-electron chi connectivity index (χ3n) is 3.06. The predicted molar refractivity (Wildman–Crippen MR) is 101 cm³/mol. The number of anilines is 1. The van der Waals surface area contributed by atoms with Crippen LogP contribution in [0, 0.1) is 6.92 Å². The average molecular weight is 373 g/mol. The maximum absolute atomic E-state index is 12.3. The van der Waals surface area contributed by atoms with Crippen LogP contribution in [0.5, 0.6) is 0 Å². The van der Waals surface area contributed by atoms with Crippen molar-refractivity contribution in [3.05, 3.63) is 63.8 Å². The van der Waals surface area contributed by atoms with E-state index >= 15 is 0 Å². The molecular weight excluding hydrogens is 353 g/mol. The summed E-state index contributed by atoms with van der Waals surface area (Å²) in [5.74, 6) is -0.375. The average Bonchev–Trinajstić information content (AvgIpc) is 2.72. The normalized spacial score (nSPS) is 13.7. The number of rotatable bonds is 3. The first-order valence-corrected chi connectivity index (χ1v) is 8.69. The highest BCUT2D eigenvalue weighted by Crippen LogP contribution is 2.31. The first-order chi connectivity index (χ1) is 11.0. The number of hydrogen-bond donors (Lipinski definition) is 0. The number of amides is 1. The van der Waals surface area contributed by atoms with Gasteiger partial charge in [0, 0.05) is 22.8 Å². The molecule has 0 fully saturated rings. The molecule has 0 heterocycles. The fraction of sp³-hybridized carbons (Fsp3) is 0.278. The molecule has 2 rings (SSSR count). The van der Waals surface area contributed by atoms with Crippen molar-refractivity contribution in [2.24, 2.45) is 0 Å². The monoisotopic (exact) mass is 371 g/mol. The van der Waals surface area contributed by atoms with Crippen molar-refractivity contribution in [1.82, 2.24) is 0 Å². The molecule has 1 aromatic rings. The van der Waals surface area contributed by atoms with Gasteiger partial charge in [-0.1, -0.05) is 60.8 Å². The number of benzene rings is 1.